The van der Waals surface area contributed by atoms with Crippen molar-refractivity contribution in [1.29, 1.82) is 0 Å². The van der Waals surface area contributed by atoms with Crippen LogP contribution in [0.1, 0.15) is 35.3 Å². The number of aryl methyl sites for hydroxylation is 1. The Morgan fingerprint density at radius 1 is 1.07 bits per heavy atom. The number of benzene rings is 2. The number of nitrogens with zero attached hydrogens (tertiary/aromatic N) is 1. The number of rotatable bonds is 8. The van der Waals surface area contributed by atoms with Crippen molar-refractivity contribution >= 4 is 15.9 Å². The molecule has 8 heteroatoms. The van der Waals surface area contributed by atoms with Crippen molar-refractivity contribution in [3.63, 3.8) is 0 Å². The second-order valence-electron chi connectivity index (χ2n) is 6.28. The van der Waals surface area contributed by atoms with Crippen molar-refractivity contribution in [3.05, 3.63) is 64.7 Å². The van der Waals surface area contributed by atoms with E-state index in [0.29, 0.717) is 18.7 Å². The van der Waals surface area contributed by atoms with Gasteiger partial charge in [-0.05, 0) is 43.2 Å². The van der Waals surface area contributed by atoms with E-state index in [1.165, 1.54) is 22.5 Å². The molecule has 0 bridgehead atoms. The van der Waals surface area contributed by atoms with Gasteiger partial charge >= 0.3 is 0 Å². The average Bonchev–Trinajstić information content (AvgIpc) is 2.65. The van der Waals surface area contributed by atoms with Crippen LogP contribution >= 0.6 is 0 Å². The normalized spacial score (nSPS) is 11.6. The zero-order chi connectivity index (χ0) is 20.9. The van der Waals surface area contributed by atoms with Gasteiger partial charge in [0.25, 0.3) is 5.91 Å². The summed E-state index contributed by atoms with van der Waals surface area (Å²) in [6, 6.07) is 8.02. The van der Waals surface area contributed by atoms with Gasteiger partial charge in [-0.3, -0.25) is 4.79 Å². The lowest BCUT2D eigenvalue weighted by molar-refractivity contribution is 0.0953. The highest BCUT2D eigenvalue weighted by molar-refractivity contribution is 7.89. The van der Waals surface area contributed by atoms with Crippen molar-refractivity contribution in [2.75, 3.05) is 19.6 Å². The molecule has 0 aliphatic heterocycles. The zero-order valence-corrected chi connectivity index (χ0v) is 16.9. The van der Waals surface area contributed by atoms with Crippen LogP contribution < -0.4 is 5.32 Å². The van der Waals surface area contributed by atoms with E-state index in [1.54, 1.807) is 26.8 Å². The van der Waals surface area contributed by atoms with Gasteiger partial charge in [-0.2, -0.15) is 4.31 Å². The number of carbonyl (C=O) groups is 1. The van der Waals surface area contributed by atoms with Gasteiger partial charge in [0.05, 0.1) is 4.90 Å². The van der Waals surface area contributed by atoms with Crippen LogP contribution in [-0.4, -0.2) is 38.3 Å². The molecule has 0 radical (unpaired) electrons. The largest absolute Gasteiger partial charge is 0.352 e. The number of sulfonamides is 1. The molecular formula is C20H24F2N2O3S. The maximum atomic E-state index is 13.6. The smallest absolute Gasteiger partial charge is 0.251 e. The Labute approximate surface area is 164 Å². The summed E-state index contributed by atoms with van der Waals surface area (Å²) in [5.41, 5.74) is 0.610. The topological polar surface area (TPSA) is 66.5 Å². The standard InChI is InChI=1S/C20H24F2N2O3S/c1-4-24(5-2)28(26,27)19-13-15(10-9-14(19)3)20(25)23-12-11-16-17(21)7-6-8-18(16)22/h6-10,13H,4-5,11-12H2,1-3H3,(H,23,25). The summed E-state index contributed by atoms with van der Waals surface area (Å²) in [5, 5.41) is 2.58. The molecular weight excluding hydrogens is 386 g/mol. The van der Waals surface area contributed by atoms with E-state index in [-0.39, 0.29) is 29.0 Å². The number of hydrogen-bond acceptors (Lipinski definition) is 3. The minimum atomic E-state index is -3.71. The Morgan fingerprint density at radius 2 is 1.68 bits per heavy atom. The molecule has 2 rings (SSSR count). The van der Waals surface area contributed by atoms with Crippen LogP contribution in [0.5, 0.6) is 0 Å². The van der Waals surface area contributed by atoms with Crippen LogP contribution in [0, 0.1) is 18.6 Å². The summed E-state index contributed by atoms with van der Waals surface area (Å²) in [5.74, 6) is -1.85. The molecule has 28 heavy (non-hydrogen) atoms. The molecule has 2 aromatic carbocycles. The first-order chi connectivity index (χ1) is 13.2. The van der Waals surface area contributed by atoms with E-state index < -0.39 is 27.6 Å². The zero-order valence-electron chi connectivity index (χ0n) is 16.1. The maximum absolute atomic E-state index is 13.6. The first kappa shape index (κ1) is 22.0. The summed E-state index contributed by atoms with van der Waals surface area (Å²) >= 11 is 0. The van der Waals surface area contributed by atoms with Crippen molar-refractivity contribution in [2.45, 2.75) is 32.1 Å². The van der Waals surface area contributed by atoms with Gasteiger partial charge in [0.2, 0.25) is 10.0 Å². The lowest BCUT2D eigenvalue weighted by Gasteiger charge is -2.20. The summed E-state index contributed by atoms with van der Waals surface area (Å²) in [6.45, 7) is 5.82. The fourth-order valence-corrected chi connectivity index (χ4v) is 4.60. The first-order valence-corrected chi connectivity index (χ1v) is 10.5. The minimum absolute atomic E-state index is 0.0132. The lowest BCUT2D eigenvalue weighted by Crippen LogP contribution is -2.31. The monoisotopic (exact) mass is 410 g/mol. The average molecular weight is 410 g/mol. The van der Waals surface area contributed by atoms with Crippen LogP contribution in [0.25, 0.3) is 0 Å². The number of carbonyl (C=O) groups excluding carboxylic acids is 1. The van der Waals surface area contributed by atoms with Crippen LogP contribution in [0.15, 0.2) is 41.3 Å². The molecule has 0 heterocycles. The Hall–Kier alpha value is -2.32. The van der Waals surface area contributed by atoms with Crippen LogP contribution in [0.2, 0.25) is 0 Å². The highest BCUT2D eigenvalue weighted by Crippen LogP contribution is 2.21. The summed E-state index contributed by atoms with van der Waals surface area (Å²) in [7, 11) is -3.71. The molecule has 0 saturated carbocycles. The lowest BCUT2D eigenvalue weighted by atomic mass is 10.1. The predicted octanol–water partition coefficient (Wildman–Crippen LogP) is 3.28. The Kier molecular flexibility index (Phi) is 7.26. The number of halogens is 2. The summed E-state index contributed by atoms with van der Waals surface area (Å²) in [4.78, 5) is 12.5. The summed E-state index contributed by atoms with van der Waals surface area (Å²) < 4.78 is 54.2. The molecule has 5 nitrogen and oxygen atoms in total. The molecule has 2 aromatic rings. The minimum Gasteiger partial charge on any atom is -0.352 e. The SMILES string of the molecule is CCN(CC)S(=O)(=O)c1cc(C(=O)NCCc2c(F)cccc2F)ccc1C. The van der Waals surface area contributed by atoms with E-state index >= 15 is 0 Å². The van der Waals surface area contributed by atoms with Crippen molar-refractivity contribution in [1.82, 2.24) is 9.62 Å². The summed E-state index contributed by atoms with van der Waals surface area (Å²) in [6.07, 6.45) is -0.0132. The van der Waals surface area contributed by atoms with Gasteiger partial charge < -0.3 is 5.32 Å². The van der Waals surface area contributed by atoms with Crippen molar-refractivity contribution in [2.24, 2.45) is 0 Å². The van der Waals surface area contributed by atoms with Crippen LogP contribution in [0.4, 0.5) is 8.78 Å². The fourth-order valence-electron chi connectivity index (χ4n) is 2.90. The molecule has 0 unspecified atom stereocenters. The van der Waals surface area contributed by atoms with Gasteiger partial charge in [0, 0.05) is 30.8 Å². The third-order valence-corrected chi connectivity index (χ3v) is 6.69. The van der Waals surface area contributed by atoms with Crippen molar-refractivity contribution < 1.29 is 22.0 Å². The molecule has 0 aliphatic carbocycles. The van der Waals surface area contributed by atoms with E-state index in [4.69, 9.17) is 0 Å². The van der Waals surface area contributed by atoms with Crippen molar-refractivity contribution in [3.8, 4) is 0 Å². The molecule has 0 atom stereocenters. The molecule has 0 aromatic heterocycles. The molecule has 0 saturated heterocycles. The third kappa shape index (κ3) is 4.74. The van der Waals surface area contributed by atoms with E-state index in [2.05, 4.69) is 5.32 Å². The fraction of sp³-hybridized carbons (Fsp3) is 0.350. The van der Waals surface area contributed by atoms with Crippen LogP contribution in [0.3, 0.4) is 0 Å². The van der Waals surface area contributed by atoms with E-state index in [0.717, 1.165) is 12.1 Å². The highest BCUT2D eigenvalue weighted by Gasteiger charge is 2.24. The molecule has 0 fully saturated rings. The van der Waals surface area contributed by atoms with Gasteiger partial charge in [-0.1, -0.05) is 26.0 Å². The first-order valence-electron chi connectivity index (χ1n) is 9.04. The highest BCUT2D eigenvalue weighted by atomic mass is 32.2. The van der Waals surface area contributed by atoms with Gasteiger partial charge in [0.1, 0.15) is 11.6 Å². The second-order valence-corrected chi connectivity index (χ2v) is 8.18. The van der Waals surface area contributed by atoms with Gasteiger partial charge in [-0.15, -0.1) is 0 Å². The maximum Gasteiger partial charge on any atom is 0.251 e. The molecule has 0 spiro atoms. The predicted molar refractivity (Wildman–Crippen MR) is 104 cm³/mol. The Bertz CT molecular complexity index is 938. The molecule has 1 N–H and O–H groups in total. The van der Waals surface area contributed by atoms with Crippen LogP contribution in [-0.2, 0) is 16.4 Å². The number of hydrogen-bond donors (Lipinski definition) is 1. The second kappa shape index (κ2) is 9.25. The van der Waals surface area contributed by atoms with E-state index in [1.807, 2.05) is 0 Å². The Morgan fingerprint density at radius 3 is 2.25 bits per heavy atom. The number of nitrogens with one attached hydrogen (secondary N) is 1. The van der Waals surface area contributed by atoms with Gasteiger partial charge in [-0.25, -0.2) is 17.2 Å². The third-order valence-electron chi connectivity index (χ3n) is 4.50. The van der Waals surface area contributed by atoms with Gasteiger partial charge in [0.15, 0.2) is 0 Å². The molecule has 1 amide bonds. The Balaban J connectivity index is 2.16. The van der Waals surface area contributed by atoms with E-state index in [9.17, 15) is 22.0 Å². The molecule has 0 aliphatic rings. The molecule has 152 valence electrons. The quantitative estimate of drug-likeness (QED) is 0.726. The number of amides is 1.